The number of amides is 1. The van der Waals surface area contributed by atoms with Crippen molar-refractivity contribution in [3.63, 3.8) is 0 Å². The molecular weight excluding hydrogens is 462 g/mol. The van der Waals surface area contributed by atoms with Gasteiger partial charge in [-0.3, -0.25) is 14.5 Å². The average molecular weight is 480 g/mol. The smallest absolute Gasteiger partial charge is 0.300 e. The van der Waals surface area contributed by atoms with E-state index in [1.165, 1.54) is 40.5 Å². The van der Waals surface area contributed by atoms with Gasteiger partial charge in [-0.1, -0.05) is 24.3 Å². The molecule has 4 aromatic rings. The molecule has 0 radical (unpaired) electrons. The summed E-state index contributed by atoms with van der Waals surface area (Å²) in [5, 5.41) is 18.9. The number of H-pyrrole nitrogens is 1. The van der Waals surface area contributed by atoms with E-state index in [9.17, 15) is 23.1 Å². The average Bonchev–Trinajstić information content (AvgIpc) is 3.52. The molecule has 1 amide bonds. The van der Waals surface area contributed by atoms with Crippen molar-refractivity contribution in [2.75, 3.05) is 4.90 Å². The number of sulfonamides is 1. The number of rotatable bonds is 4. The van der Waals surface area contributed by atoms with Gasteiger partial charge in [-0.2, -0.15) is 0 Å². The minimum absolute atomic E-state index is 0.0391. The molecule has 10 heteroatoms. The fraction of sp³-hybridized carbons (Fsp3) is 0.0435. The highest BCUT2D eigenvalue weighted by atomic mass is 32.2. The molecule has 3 heterocycles. The van der Waals surface area contributed by atoms with Gasteiger partial charge in [0.25, 0.3) is 11.7 Å². The van der Waals surface area contributed by atoms with Crippen LogP contribution in [0.1, 0.15) is 16.5 Å². The number of aromatic amines is 1. The number of hydrogen-bond acceptors (Lipinski definition) is 6. The number of carbonyl (C=O) groups is 2. The van der Waals surface area contributed by atoms with Crippen LogP contribution < -0.4 is 10.0 Å². The SMILES string of the molecule is NS(=O)(=O)c1ccc(N2C(=O)C(=O)/C(=C(\O)c3c[nH]c4ccccc34)C2c2cccs2)cc1. The minimum atomic E-state index is -3.92. The first-order valence-electron chi connectivity index (χ1n) is 9.81. The Hall–Kier alpha value is -3.73. The van der Waals surface area contributed by atoms with Crippen LogP contribution in [0.25, 0.3) is 16.7 Å². The van der Waals surface area contributed by atoms with Crippen molar-refractivity contribution in [3.8, 4) is 0 Å². The summed E-state index contributed by atoms with van der Waals surface area (Å²) in [7, 11) is -3.92. The number of fused-ring (bicyclic) bond motifs is 1. The molecule has 1 aliphatic rings. The van der Waals surface area contributed by atoms with Crippen molar-refractivity contribution in [3.05, 3.63) is 88.3 Å². The third-order valence-corrected chi connectivity index (χ3v) is 7.40. The van der Waals surface area contributed by atoms with Crippen LogP contribution in [0.15, 0.2) is 82.7 Å². The van der Waals surface area contributed by atoms with E-state index in [-0.39, 0.29) is 16.2 Å². The number of nitrogens with one attached hydrogen (secondary N) is 1. The third kappa shape index (κ3) is 3.44. The molecule has 166 valence electrons. The van der Waals surface area contributed by atoms with Crippen LogP contribution in [-0.2, 0) is 19.6 Å². The molecule has 5 rings (SSSR count). The number of para-hydroxylation sites is 1. The molecule has 2 aromatic carbocycles. The van der Waals surface area contributed by atoms with E-state index in [4.69, 9.17) is 5.14 Å². The highest BCUT2D eigenvalue weighted by Crippen LogP contribution is 2.44. The largest absolute Gasteiger partial charge is 0.507 e. The molecule has 1 aliphatic heterocycles. The molecule has 0 spiro atoms. The summed E-state index contributed by atoms with van der Waals surface area (Å²) in [6, 6.07) is 15.4. The lowest BCUT2D eigenvalue weighted by atomic mass is 9.99. The normalized spacial score (nSPS) is 18.3. The van der Waals surface area contributed by atoms with Gasteiger partial charge in [-0.25, -0.2) is 13.6 Å². The number of primary sulfonamides is 1. The number of aromatic nitrogens is 1. The molecule has 2 aromatic heterocycles. The second kappa shape index (κ2) is 7.69. The Morgan fingerprint density at radius 2 is 1.76 bits per heavy atom. The maximum atomic E-state index is 13.2. The van der Waals surface area contributed by atoms with Gasteiger partial charge < -0.3 is 10.1 Å². The minimum Gasteiger partial charge on any atom is -0.507 e. The zero-order valence-electron chi connectivity index (χ0n) is 16.9. The second-order valence-electron chi connectivity index (χ2n) is 7.47. The zero-order valence-corrected chi connectivity index (χ0v) is 18.6. The molecule has 0 bridgehead atoms. The van der Waals surface area contributed by atoms with Crippen LogP contribution >= 0.6 is 11.3 Å². The van der Waals surface area contributed by atoms with E-state index < -0.39 is 27.8 Å². The van der Waals surface area contributed by atoms with Crippen molar-refractivity contribution in [2.24, 2.45) is 5.14 Å². The number of thiophene rings is 1. The monoisotopic (exact) mass is 479 g/mol. The Morgan fingerprint density at radius 3 is 2.42 bits per heavy atom. The van der Waals surface area contributed by atoms with Gasteiger partial charge in [0.1, 0.15) is 11.8 Å². The van der Waals surface area contributed by atoms with E-state index in [1.54, 1.807) is 18.3 Å². The zero-order chi connectivity index (χ0) is 23.3. The summed E-state index contributed by atoms with van der Waals surface area (Å²) >= 11 is 1.34. The van der Waals surface area contributed by atoms with Crippen LogP contribution in [0.4, 0.5) is 5.69 Å². The first-order chi connectivity index (χ1) is 15.8. The summed E-state index contributed by atoms with van der Waals surface area (Å²) in [6.45, 7) is 0. The van der Waals surface area contributed by atoms with Gasteiger partial charge in [0, 0.05) is 33.2 Å². The summed E-state index contributed by atoms with van der Waals surface area (Å²) in [4.78, 5) is 31.2. The number of ketones is 1. The summed E-state index contributed by atoms with van der Waals surface area (Å²) < 4.78 is 23.2. The predicted molar refractivity (Wildman–Crippen MR) is 125 cm³/mol. The Labute approximate surface area is 192 Å². The fourth-order valence-electron chi connectivity index (χ4n) is 4.02. The van der Waals surface area contributed by atoms with E-state index in [1.807, 2.05) is 29.6 Å². The van der Waals surface area contributed by atoms with Gasteiger partial charge in [0.05, 0.1) is 10.5 Å². The van der Waals surface area contributed by atoms with Gasteiger partial charge in [0.15, 0.2) is 0 Å². The molecule has 1 fully saturated rings. The maximum absolute atomic E-state index is 13.2. The number of nitrogens with two attached hydrogens (primary N) is 1. The fourth-order valence-corrected chi connectivity index (χ4v) is 5.36. The van der Waals surface area contributed by atoms with Gasteiger partial charge in [-0.15, -0.1) is 11.3 Å². The van der Waals surface area contributed by atoms with Crippen molar-refractivity contribution >= 4 is 55.4 Å². The predicted octanol–water partition coefficient (Wildman–Crippen LogP) is 3.50. The number of benzene rings is 2. The lowest BCUT2D eigenvalue weighted by Crippen LogP contribution is -2.29. The maximum Gasteiger partial charge on any atom is 0.300 e. The molecule has 1 saturated heterocycles. The molecule has 0 aliphatic carbocycles. The van der Waals surface area contributed by atoms with Crippen molar-refractivity contribution < 1.29 is 23.1 Å². The van der Waals surface area contributed by atoms with Crippen LogP contribution in [0.5, 0.6) is 0 Å². The summed E-state index contributed by atoms with van der Waals surface area (Å²) in [5.41, 5.74) is 1.46. The summed E-state index contributed by atoms with van der Waals surface area (Å²) in [6.07, 6.45) is 1.60. The van der Waals surface area contributed by atoms with Gasteiger partial charge >= 0.3 is 0 Å². The first kappa shape index (κ1) is 21.1. The Balaban J connectivity index is 1.70. The van der Waals surface area contributed by atoms with Crippen molar-refractivity contribution in [1.29, 1.82) is 0 Å². The number of Topliss-reactive ketones (excluding diaryl/α,β-unsaturated/α-hetero) is 1. The molecule has 4 N–H and O–H groups in total. The topological polar surface area (TPSA) is 134 Å². The first-order valence-corrected chi connectivity index (χ1v) is 12.2. The van der Waals surface area contributed by atoms with E-state index in [0.29, 0.717) is 21.5 Å². The van der Waals surface area contributed by atoms with Crippen LogP contribution in [0.3, 0.4) is 0 Å². The van der Waals surface area contributed by atoms with Crippen LogP contribution in [-0.4, -0.2) is 30.2 Å². The second-order valence-corrected chi connectivity index (χ2v) is 10.0. The molecular formula is C23H17N3O5S2. The standard InChI is InChI=1S/C23H17N3O5S2/c24-33(30,31)14-9-7-13(8-10-14)26-20(18-6-3-11-32-18)19(22(28)23(26)29)21(27)16-12-25-17-5-2-1-4-15(16)17/h1-12,20,25,27H,(H2,24,30,31)/b21-19-. The number of hydrogen-bond donors (Lipinski definition) is 3. The Bertz CT molecular complexity index is 1530. The molecule has 1 atom stereocenters. The number of aliphatic hydroxyl groups is 1. The van der Waals surface area contributed by atoms with Gasteiger partial charge in [0.2, 0.25) is 10.0 Å². The van der Waals surface area contributed by atoms with E-state index >= 15 is 0 Å². The number of nitrogens with zero attached hydrogens (tertiary/aromatic N) is 1. The number of carbonyl (C=O) groups excluding carboxylic acids is 2. The third-order valence-electron chi connectivity index (χ3n) is 5.54. The molecule has 0 saturated carbocycles. The highest BCUT2D eigenvalue weighted by Gasteiger charge is 2.47. The molecule has 1 unspecified atom stereocenters. The number of aliphatic hydroxyl groups excluding tert-OH is 1. The van der Waals surface area contributed by atoms with Crippen LogP contribution in [0, 0.1) is 0 Å². The van der Waals surface area contributed by atoms with Crippen LogP contribution in [0.2, 0.25) is 0 Å². The van der Waals surface area contributed by atoms with E-state index in [2.05, 4.69) is 4.98 Å². The molecule has 33 heavy (non-hydrogen) atoms. The Kier molecular flexibility index (Phi) is 4.93. The molecule has 8 nitrogen and oxygen atoms in total. The van der Waals surface area contributed by atoms with Crippen molar-refractivity contribution in [1.82, 2.24) is 4.98 Å². The Morgan fingerprint density at radius 1 is 1.03 bits per heavy atom. The lowest BCUT2D eigenvalue weighted by molar-refractivity contribution is -0.132. The number of anilines is 1. The summed E-state index contributed by atoms with van der Waals surface area (Å²) in [5.74, 6) is -1.93. The van der Waals surface area contributed by atoms with Crippen molar-refractivity contribution in [2.45, 2.75) is 10.9 Å². The lowest BCUT2D eigenvalue weighted by Gasteiger charge is -2.24. The highest BCUT2D eigenvalue weighted by molar-refractivity contribution is 7.89. The van der Waals surface area contributed by atoms with E-state index in [0.717, 1.165) is 5.52 Å². The quantitative estimate of drug-likeness (QED) is 0.234. The van der Waals surface area contributed by atoms with Gasteiger partial charge in [-0.05, 0) is 41.8 Å².